The quantitative estimate of drug-likeness (QED) is 0.897. The van der Waals surface area contributed by atoms with Crippen molar-refractivity contribution in [3.63, 3.8) is 0 Å². The van der Waals surface area contributed by atoms with Gasteiger partial charge in [-0.15, -0.1) is 0 Å². The Kier molecular flexibility index (Phi) is 4.50. The summed E-state index contributed by atoms with van der Waals surface area (Å²) in [5, 5.41) is 5.60. The topological polar surface area (TPSA) is 67.4 Å². The summed E-state index contributed by atoms with van der Waals surface area (Å²) < 4.78 is 5.18. The Labute approximate surface area is 125 Å². The SMILES string of the molecule is CC(C)(C)OC(=O)Nc1cccc(C(=O)NC2CCC2)c1. The average molecular weight is 290 g/mol. The van der Waals surface area contributed by atoms with Gasteiger partial charge in [-0.2, -0.15) is 0 Å². The van der Waals surface area contributed by atoms with E-state index in [2.05, 4.69) is 10.6 Å². The standard InChI is InChI=1S/C16H22N2O3/c1-16(2,3)21-15(20)18-13-9-4-6-11(10-13)14(19)17-12-7-5-8-12/h4,6,9-10,12H,5,7-8H2,1-3H3,(H,17,19)(H,18,20). The molecule has 1 aliphatic rings. The van der Waals surface area contributed by atoms with Crippen LogP contribution in [0.3, 0.4) is 0 Å². The summed E-state index contributed by atoms with van der Waals surface area (Å²) in [6.45, 7) is 5.40. The van der Waals surface area contributed by atoms with Gasteiger partial charge in [0.25, 0.3) is 5.91 Å². The van der Waals surface area contributed by atoms with Crippen molar-refractivity contribution in [3.05, 3.63) is 29.8 Å². The van der Waals surface area contributed by atoms with Crippen LogP contribution in [0, 0.1) is 0 Å². The van der Waals surface area contributed by atoms with Crippen molar-refractivity contribution >= 4 is 17.7 Å². The molecule has 0 aliphatic heterocycles. The highest BCUT2D eigenvalue weighted by Crippen LogP contribution is 2.19. The first-order valence-corrected chi connectivity index (χ1v) is 7.24. The second kappa shape index (κ2) is 6.16. The highest BCUT2D eigenvalue weighted by molar-refractivity contribution is 5.96. The fourth-order valence-electron chi connectivity index (χ4n) is 1.98. The summed E-state index contributed by atoms with van der Waals surface area (Å²) in [4.78, 5) is 23.8. The first kappa shape index (κ1) is 15.4. The number of nitrogens with one attached hydrogen (secondary N) is 2. The van der Waals surface area contributed by atoms with Crippen LogP contribution < -0.4 is 10.6 Å². The highest BCUT2D eigenvalue weighted by Gasteiger charge is 2.20. The Balaban J connectivity index is 1.96. The molecule has 0 atom stereocenters. The van der Waals surface area contributed by atoms with Crippen LogP contribution in [0.25, 0.3) is 0 Å². The van der Waals surface area contributed by atoms with Crippen LogP contribution in [0.15, 0.2) is 24.3 Å². The summed E-state index contributed by atoms with van der Waals surface area (Å²) in [5.74, 6) is -0.104. The third-order valence-corrected chi connectivity index (χ3v) is 3.21. The van der Waals surface area contributed by atoms with Gasteiger partial charge in [-0.1, -0.05) is 6.07 Å². The second-order valence-electron chi connectivity index (χ2n) is 6.31. The van der Waals surface area contributed by atoms with E-state index in [0.29, 0.717) is 17.3 Å². The molecule has 1 aromatic rings. The van der Waals surface area contributed by atoms with E-state index < -0.39 is 11.7 Å². The van der Waals surface area contributed by atoms with E-state index in [0.717, 1.165) is 12.8 Å². The van der Waals surface area contributed by atoms with Crippen LogP contribution in [0.1, 0.15) is 50.4 Å². The lowest BCUT2D eigenvalue weighted by molar-refractivity contribution is 0.0635. The summed E-state index contributed by atoms with van der Waals surface area (Å²) in [6, 6.07) is 7.14. The Morgan fingerprint density at radius 2 is 1.95 bits per heavy atom. The highest BCUT2D eigenvalue weighted by atomic mass is 16.6. The molecule has 2 N–H and O–H groups in total. The van der Waals surface area contributed by atoms with Gasteiger partial charge in [0.2, 0.25) is 0 Å². The van der Waals surface area contributed by atoms with E-state index in [1.54, 1.807) is 45.0 Å². The van der Waals surface area contributed by atoms with E-state index in [-0.39, 0.29) is 5.91 Å². The largest absolute Gasteiger partial charge is 0.444 e. The molecule has 2 rings (SSSR count). The van der Waals surface area contributed by atoms with Crippen LogP contribution in [0.4, 0.5) is 10.5 Å². The summed E-state index contributed by atoms with van der Waals surface area (Å²) in [7, 11) is 0. The van der Waals surface area contributed by atoms with Crippen molar-refractivity contribution in [3.8, 4) is 0 Å². The van der Waals surface area contributed by atoms with Gasteiger partial charge in [-0.25, -0.2) is 4.79 Å². The summed E-state index contributed by atoms with van der Waals surface area (Å²) >= 11 is 0. The van der Waals surface area contributed by atoms with Crippen molar-refractivity contribution in [1.29, 1.82) is 0 Å². The lowest BCUT2D eigenvalue weighted by atomic mass is 9.93. The molecule has 0 aromatic heterocycles. The molecule has 0 spiro atoms. The molecular weight excluding hydrogens is 268 g/mol. The molecule has 0 radical (unpaired) electrons. The van der Waals surface area contributed by atoms with Gasteiger partial charge in [0.15, 0.2) is 0 Å². The van der Waals surface area contributed by atoms with Crippen molar-refractivity contribution in [1.82, 2.24) is 5.32 Å². The minimum Gasteiger partial charge on any atom is -0.444 e. The minimum atomic E-state index is -0.552. The first-order valence-electron chi connectivity index (χ1n) is 7.24. The van der Waals surface area contributed by atoms with Crippen LogP contribution in [0.2, 0.25) is 0 Å². The fraction of sp³-hybridized carbons (Fsp3) is 0.500. The Morgan fingerprint density at radius 1 is 1.24 bits per heavy atom. The smallest absolute Gasteiger partial charge is 0.412 e. The lowest BCUT2D eigenvalue weighted by Gasteiger charge is -2.26. The number of anilines is 1. The number of ether oxygens (including phenoxy) is 1. The maximum Gasteiger partial charge on any atom is 0.412 e. The zero-order valence-corrected chi connectivity index (χ0v) is 12.7. The number of carbonyl (C=O) groups is 2. The van der Waals surface area contributed by atoms with Crippen LogP contribution >= 0.6 is 0 Å². The molecule has 5 nitrogen and oxygen atoms in total. The molecular formula is C16H22N2O3. The Morgan fingerprint density at radius 3 is 2.52 bits per heavy atom. The number of hydrogen-bond acceptors (Lipinski definition) is 3. The molecule has 0 bridgehead atoms. The molecule has 0 unspecified atom stereocenters. The molecule has 114 valence electrons. The monoisotopic (exact) mass is 290 g/mol. The molecule has 0 heterocycles. The van der Waals surface area contributed by atoms with Crippen molar-refractivity contribution in [2.75, 3.05) is 5.32 Å². The Bertz CT molecular complexity index is 531. The van der Waals surface area contributed by atoms with Gasteiger partial charge in [-0.3, -0.25) is 10.1 Å². The number of rotatable bonds is 3. The normalized spacial score (nSPS) is 15.0. The molecule has 2 amide bonds. The van der Waals surface area contributed by atoms with E-state index in [1.165, 1.54) is 6.42 Å². The predicted molar refractivity (Wildman–Crippen MR) is 81.4 cm³/mol. The van der Waals surface area contributed by atoms with Gasteiger partial charge in [0, 0.05) is 17.3 Å². The van der Waals surface area contributed by atoms with E-state index in [4.69, 9.17) is 4.74 Å². The molecule has 1 aliphatic carbocycles. The Hall–Kier alpha value is -2.04. The molecule has 0 saturated heterocycles. The summed E-state index contributed by atoms with van der Waals surface area (Å²) in [6.07, 6.45) is 2.73. The number of carbonyl (C=O) groups excluding carboxylic acids is 2. The average Bonchev–Trinajstić information content (AvgIpc) is 2.31. The molecule has 1 aromatic carbocycles. The molecule has 1 fully saturated rings. The molecule has 21 heavy (non-hydrogen) atoms. The fourth-order valence-corrected chi connectivity index (χ4v) is 1.98. The van der Waals surface area contributed by atoms with Crippen LogP contribution in [-0.2, 0) is 4.74 Å². The van der Waals surface area contributed by atoms with E-state index in [9.17, 15) is 9.59 Å². The number of amides is 2. The van der Waals surface area contributed by atoms with Gasteiger partial charge in [0.05, 0.1) is 0 Å². The van der Waals surface area contributed by atoms with Gasteiger partial charge in [0.1, 0.15) is 5.60 Å². The maximum atomic E-state index is 12.1. The third kappa shape index (κ3) is 4.77. The van der Waals surface area contributed by atoms with Gasteiger partial charge >= 0.3 is 6.09 Å². The lowest BCUT2D eigenvalue weighted by Crippen LogP contribution is -2.39. The van der Waals surface area contributed by atoms with Crippen molar-refractivity contribution < 1.29 is 14.3 Å². The van der Waals surface area contributed by atoms with E-state index >= 15 is 0 Å². The van der Waals surface area contributed by atoms with Crippen LogP contribution in [-0.4, -0.2) is 23.6 Å². The zero-order chi connectivity index (χ0) is 15.5. The van der Waals surface area contributed by atoms with Gasteiger partial charge < -0.3 is 10.1 Å². The van der Waals surface area contributed by atoms with E-state index in [1.807, 2.05) is 0 Å². The maximum absolute atomic E-state index is 12.1. The van der Waals surface area contributed by atoms with Crippen molar-refractivity contribution in [2.24, 2.45) is 0 Å². The number of hydrogen-bond donors (Lipinski definition) is 2. The first-order chi connectivity index (χ1) is 9.83. The third-order valence-electron chi connectivity index (χ3n) is 3.21. The second-order valence-corrected chi connectivity index (χ2v) is 6.31. The molecule has 5 heteroatoms. The number of benzene rings is 1. The summed E-state index contributed by atoms with van der Waals surface area (Å²) in [5.41, 5.74) is 0.532. The van der Waals surface area contributed by atoms with Crippen molar-refractivity contribution in [2.45, 2.75) is 51.7 Å². The zero-order valence-electron chi connectivity index (χ0n) is 12.7. The van der Waals surface area contributed by atoms with Gasteiger partial charge in [-0.05, 0) is 58.2 Å². The van der Waals surface area contributed by atoms with Crippen LogP contribution in [0.5, 0.6) is 0 Å². The predicted octanol–water partition coefficient (Wildman–Crippen LogP) is 3.32. The molecule has 1 saturated carbocycles. The minimum absolute atomic E-state index is 0.104.